The van der Waals surface area contributed by atoms with Crippen LogP contribution in [0.15, 0.2) is 0 Å². The molecule has 5 heterocycles. The van der Waals surface area contributed by atoms with Gasteiger partial charge in [-0.3, -0.25) is 0 Å². The first-order valence-electron chi connectivity index (χ1n) is 12.9. The van der Waals surface area contributed by atoms with Crippen molar-refractivity contribution in [3.8, 4) is 0 Å². The largest absolute Gasteiger partial charge is 0.355 e. The zero-order valence-corrected chi connectivity index (χ0v) is 23.9. The molecule has 0 aliphatic carbocycles. The zero-order chi connectivity index (χ0) is 26.4. The van der Waals surface area contributed by atoms with Crippen LogP contribution in [-0.4, -0.2) is 19.9 Å². The number of allylic oxidation sites excluding steroid dienone is 4. The molecule has 2 aliphatic heterocycles. The number of hydrogen-bond donors (Lipinski definition) is 2. The summed E-state index contributed by atoms with van der Waals surface area (Å²) in [7, 11) is 0. The molecule has 2 N–H and O–H groups in total. The van der Waals surface area contributed by atoms with E-state index in [-0.39, 0.29) is 0 Å². The lowest BCUT2D eigenvalue weighted by Crippen LogP contribution is -1.89. The molecule has 4 nitrogen and oxygen atoms in total. The Morgan fingerprint density at radius 1 is 0.306 bits per heavy atom. The van der Waals surface area contributed by atoms with Crippen LogP contribution in [0.5, 0.6) is 0 Å². The summed E-state index contributed by atoms with van der Waals surface area (Å²) in [5.41, 5.74) is 23.8. The molecule has 0 spiro atoms. The first-order valence-corrected chi connectivity index (χ1v) is 12.9. The maximum absolute atomic E-state index is 5.25. The van der Waals surface area contributed by atoms with Crippen LogP contribution >= 0.6 is 0 Å². The third kappa shape index (κ3) is 3.13. The van der Waals surface area contributed by atoms with E-state index in [1.165, 1.54) is 66.8 Å². The van der Waals surface area contributed by atoms with Gasteiger partial charge < -0.3 is 9.97 Å². The summed E-state index contributed by atoms with van der Waals surface area (Å²) in [5, 5.41) is 0. The topological polar surface area (TPSA) is 57.4 Å². The van der Waals surface area contributed by atoms with E-state index in [4.69, 9.17) is 9.97 Å². The molecule has 2 aliphatic rings. The van der Waals surface area contributed by atoms with Gasteiger partial charge in [0.2, 0.25) is 0 Å². The Kier molecular flexibility index (Phi) is 5.44. The smallest absolute Gasteiger partial charge is 0.0719 e. The van der Waals surface area contributed by atoms with Crippen molar-refractivity contribution in [2.75, 3.05) is 0 Å². The van der Waals surface area contributed by atoms with Crippen LogP contribution in [0.25, 0.3) is 44.4 Å². The lowest BCUT2D eigenvalue weighted by atomic mass is 10.0. The van der Waals surface area contributed by atoms with Crippen molar-refractivity contribution >= 4 is 44.4 Å². The summed E-state index contributed by atoms with van der Waals surface area (Å²) in [6, 6.07) is 0. The highest BCUT2D eigenvalue weighted by atomic mass is 14.8. The predicted octanol–water partition coefficient (Wildman–Crippen LogP) is 8.68. The number of fused-ring (bicyclic) bond motifs is 8. The monoisotopic (exact) mass is 478 g/mol. The maximum atomic E-state index is 5.25. The van der Waals surface area contributed by atoms with Crippen LogP contribution in [0, 0.1) is 55.4 Å². The third-order valence-electron chi connectivity index (χ3n) is 9.04. The lowest BCUT2D eigenvalue weighted by Gasteiger charge is -2.01. The van der Waals surface area contributed by atoms with Crippen LogP contribution in [0.4, 0.5) is 0 Å². The number of H-pyrrole nitrogens is 2. The lowest BCUT2D eigenvalue weighted by molar-refractivity contribution is 1.21. The molecule has 186 valence electrons. The molecule has 0 saturated heterocycles. The van der Waals surface area contributed by atoms with Crippen molar-refractivity contribution < 1.29 is 0 Å². The summed E-state index contributed by atoms with van der Waals surface area (Å²) in [4.78, 5) is 18.1. The Labute approximate surface area is 214 Å². The SMILES string of the molecule is CC1=C(C)c2nc1c(C)c1[nH]c(c(C)c3nc(c(C)c4[nH]c(c2C)c(C)c4C)C(C)=C3C)c(C)c1C. The summed E-state index contributed by atoms with van der Waals surface area (Å²) < 4.78 is 0. The molecule has 36 heavy (non-hydrogen) atoms. The molecule has 5 rings (SSSR count). The van der Waals surface area contributed by atoms with Gasteiger partial charge in [-0.1, -0.05) is 0 Å². The predicted molar refractivity (Wildman–Crippen MR) is 155 cm³/mol. The number of nitrogens with zero attached hydrogens (tertiary/aromatic N) is 2. The third-order valence-corrected chi connectivity index (χ3v) is 9.04. The summed E-state index contributed by atoms with van der Waals surface area (Å²) in [6.07, 6.45) is 0. The van der Waals surface area contributed by atoms with Gasteiger partial charge in [-0.2, -0.15) is 0 Å². The molecule has 0 amide bonds. The van der Waals surface area contributed by atoms with Gasteiger partial charge in [0.1, 0.15) is 0 Å². The number of aryl methyl sites for hydroxylation is 8. The second kappa shape index (κ2) is 8.06. The fourth-order valence-electron chi connectivity index (χ4n) is 6.08. The number of aromatic amines is 2. The Bertz CT molecular complexity index is 1490. The van der Waals surface area contributed by atoms with Gasteiger partial charge in [0, 0.05) is 22.1 Å². The first-order chi connectivity index (χ1) is 16.9. The van der Waals surface area contributed by atoms with Gasteiger partial charge in [-0.05, 0) is 150 Å². The molecule has 0 fully saturated rings. The molecule has 4 heteroatoms. The quantitative estimate of drug-likeness (QED) is 0.339. The van der Waals surface area contributed by atoms with Gasteiger partial charge >= 0.3 is 0 Å². The average molecular weight is 479 g/mol. The normalized spacial score (nSPS) is 13.9. The minimum atomic E-state index is 1.08. The second-order valence-corrected chi connectivity index (χ2v) is 10.9. The van der Waals surface area contributed by atoms with Crippen LogP contribution in [-0.2, 0) is 0 Å². The van der Waals surface area contributed by atoms with Gasteiger partial charge in [0.25, 0.3) is 0 Å². The highest BCUT2D eigenvalue weighted by molar-refractivity contribution is 5.97. The number of rotatable bonds is 0. The van der Waals surface area contributed by atoms with E-state index in [2.05, 4.69) is 93.1 Å². The van der Waals surface area contributed by atoms with Crippen LogP contribution in [0.1, 0.15) is 95.0 Å². The minimum absolute atomic E-state index is 1.08. The Balaban J connectivity index is 2.13. The summed E-state index contributed by atoms with van der Waals surface area (Å²) >= 11 is 0. The summed E-state index contributed by atoms with van der Waals surface area (Å²) in [5.74, 6) is 0. The number of nitrogens with one attached hydrogen (secondary N) is 2. The van der Waals surface area contributed by atoms with Crippen molar-refractivity contribution in [3.05, 3.63) is 67.3 Å². The van der Waals surface area contributed by atoms with Crippen molar-refractivity contribution in [2.24, 2.45) is 0 Å². The molecule has 0 unspecified atom stereocenters. The fourth-order valence-corrected chi connectivity index (χ4v) is 6.08. The molecule has 3 aromatic heterocycles. The van der Waals surface area contributed by atoms with Crippen molar-refractivity contribution in [1.82, 2.24) is 19.9 Å². The minimum Gasteiger partial charge on any atom is -0.355 e. The van der Waals surface area contributed by atoms with E-state index in [1.807, 2.05) is 0 Å². The molecule has 0 atom stereocenters. The molecule has 0 radical (unpaired) electrons. The van der Waals surface area contributed by atoms with E-state index in [9.17, 15) is 0 Å². The van der Waals surface area contributed by atoms with E-state index in [0.29, 0.717) is 0 Å². The van der Waals surface area contributed by atoms with Gasteiger partial charge in [-0.25, -0.2) is 9.97 Å². The van der Waals surface area contributed by atoms with E-state index in [0.717, 1.165) is 44.8 Å². The summed E-state index contributed by atoms with van der Waals surface area (Å²) in [6.45, 7) is 26.4. The van der Waals surface area contributed by atoms with E-state index < -0.39 is 0 Å². The number of aromatic nitrogens is 4. The van der Waals surface area contributed by atoms with Crippen LogP contribution in [0.2, 0.25) is 0 Å². The highest BCUT2D eigenvalue weighted by Gasteiger charge is 2.23. The van der Waals surface area contributed by atoms with Gasteiger partial charge in [0.15, 0.2) is 0 Å². The molecule has 0 saturated carbocycles. The molecule has 8 bridgehead atoms. The van der Waals surface area contributed by atoms with Gasteiger partial charge in [0.05, 0.1) is 22.8 Å². The Hall–Kier alpha value is -3.40. The maximum Gasteiger partial charge on any atom is 0.0719 e. The average Bonchev–Trinajstić information content (AvgIpc) is 3.52. The molecule has 0 aromatic carbocycles. The Morgan fingerprint density at radius 3 is 0.694 bits per heavy atom. The van der Waals surface area contributed by atoms with Crippen LogP contribution in [0.3, 0.4) is 0 Å². The van der Waals surface area contributed by atoms with Crippen molar-refractivity contribution in [2.45, 2.75) is 83.1 Å². The zero-order valence-electron chi connectivity index (χ0n) is 23.9. The van der Waals surface area contributed by atoms with Crippen molar-refractivity contribution in [1.29, 1.82) is 0 Å². The Morgan fingerprint density at radius 2 is 0.500 bits per heavy atom. The number of hydrogen-bond acceptors (Lipinski definition) is 2. The van der Waals surface area contributed by atoms with E-state index in [1.54, 1.807) is 0 Å². The molecular weight excluding hydrogens is 440 g/mol. The van der Waals surface area contributed by atoms with Crippen molar-refractivity contribution in [3.63, 3.8) is 0 Å². The fraction of sp³-hybridized carbons (Fsp3) is 0.375. The molecular formula is C32H38N4. The van der Waals surface area contributed by atoms with Gasteiger partial charge in [-0.15, -0.1) is 0 Å². The first kappa shape index (κ1) is 24.3. The van der Waals surface area contributed by atoms with E-state index >= 15 is 0 Å². The van der Waals surface area contributed by atoms with Crippen LogP contribution < -0.4 is 0 Å². The highest BCUT2D eigenvalue weighted by Crippen LogP contribution is 2.39. The molecule has 3 aromatic rings. The second-order valence-electron chi connectivity index (χ2n) is 10.9. The standard InChI is InChI=1S/C32H38N4/c1-13-14(2)26-22(10)28-17(5)18(6)30(35-28)24(12)32-20(8)19(7)31(36-32)23(11)29-16(4)15(3)27(34-29)21(9)25(13)33-26/h33,36H,1-12H3.